The summed E-state index contributed by atoms with van der Waals surface area (Å²) in [7, 11) is 0. The number of aryl methyl sites for hydroxylation is 2. The second-order valence-electron chi connectivity index (χ2n) is 6.10. The maximum atomic E-state index is 12.2. The Hall–Kier alpha value is -2.29. The number of hydrogen-bond acceptors (Lipinski definition) is 2. The van der Waals surface area contributed by atoms with Crippen LogP contribution < -0.4 is 10.1 Å². The Bertz CT molecular complexity index is 667. The molecule has 3 nitrogen and oxygen atoms in total. The van der Waals surface area contributed by atoms with Gasteiger partial charge < -0.3 is 10.1 Å². The first-order valence-electron chi connectivity index (χ1n) is 8.32. The second-order valence-corrected chi connectivity index (χ2v) is 6.10. The molecule has 0 saturated heterocycles. The van der Waals surface area contributed by atoms with Crippen LogP contribution in [0.5, 0.6) is 5.75 Å². The van der Waals surface area contributed by atoms with Crippen molar-refractivity contribution in [3.05, 3.63) is 65.2 Å². The zero-order valence-corrected chi connectivity index (χ0v) is 13.5. The number of carbonyl (C=O) groups is 1. The number of hydrogen-bond donors (Lipinski definition) is 1. The zero-order valence-electron chi connectivity index (χ0n) is 13.5. The summed E-state index contributed by atoms with van der Waals surface area (Å²) in [5.41, 5.74) is 3.87. The van der Waals surface area contributed by atoms with Gasteiger partial charge in [-0.15, -0.1) is 0 Å². The number of carbonyl (C=O) groups excluding carboxylic acids is 1. The molecule has 0 fully saturated rings. The van der Waals surface area contributed by atoms with Crippen molar-refractivity contribution in [1.82, 2.24) is 5.32 Å². The Morgan fingerprint density at radius 3 is 2.61 bits per heavy atom. The van der Waals surface area contributed by atoms with Crippen LogP contribution in [0.4, 0.5) is 0 Å². The summed E-state index contributed by atoms with van der Waals surface area (Å²) in [6, 6.07) is 16.1. The van der Waals surface area contributed by atoms with E-state index in [4.69, 9.17) is 4.74 Å². The predicted octanol–water partition coefficient (Wildman–Crippen LogP) is 3.65. The highest BCUT2D eigenvalue weighted by Crippen LogP contribution is 2.25. The lowest BCUT2D eigenvalue weighted by Gasteiger charge is -2.19. The lowest BCUT2D eigenvalue weighted by Crippen LogP contribution is -2.35. The van der Waals surface area contributed by atoms with Gasteiger partial charge in [-0.3, -0.25) is 4.79 Å². The van der Waals surface area contributed by atoms with Crippen LogP contribution in [-0.4, -0.2) is 12.0 Å². The molecule has 1 N–H and O–H groups in total. The first-order chi connectivity index (χ1) is 11.2. The molecule has 2 aromatic carbocycles. The number of amides is 1. The zero-order chi connectivity index (χ0) is 16.1. The van der Waals surface area contributed by atoms with Crippen molar-refractivity contribution in [3.8, 4) is 5.75 Å². The Labute approximate surface area is 137 Å². The van der Waals surface area contributed by atoms with Gasteiger partial charge in [0.15, 0.2) is 6.10 Å². The van der Waals surface area contributed by atoms with E-state index in [9.17, 15) is 4.79 Å². The fraction of sp³-hybridized carbons (Fsp3) is 0.350. The van der Waals surface area contributed by atoms with Crippen LogP contribution in [-0.2, 0) is 24.2 Å². The molecule has 0 aliphatic heterocycles. The van der Waals surface area contributed by atoms with Gasteiger partial charge in [-0.2, -0.15) is 0 Å². The van der Waals surface area contributed by atoms with E-state index in [1.165, 1.54) is 24.0 Å². The van der Waals surface area contributed by atoms with E-state index in [1.54, 1.807) is 6.92 Å². The number of benzene rings is 2. The van der Waals surface area contributed by atoms with Crippen LogP contribution in [0.1, 0.15) is 36.5 Å². The minimum atomic E-state index is -0.500. The molecular formula is C20H23NO2. The molecule has 0 saturated carbocycles. The number of fused-ring (bicyclic) bond motifs is 1. The van der Waals surface area contributed by atoms with Crippen molar-refractivity contribution in [2.75, 3.05) is 0 Å². The molecule has 1 aliphatic carbocycles. The largest absolute Gasteiger partial charge is 0.481 e. The van der Waals surface area contributed by atoms with Gasteiger partial charge in [0.1, 0.15) is 5.75 Å². The molecule has 3 rings (SSSR count). The van der Waals surface area contributed by atoms with E-state index in [1.807, 2.05) is 36.4 Å². The van der Waals surface area contributed by atoms with Gasteiger partial charge in [-0.05, 0) is 61.4 Å². The Morgan fingerprint density at radius 2 is 1.83 bits per heavy atom. The standard InChI is InChI=1S/C20H23NO2/c1-15(20(22)21-14-16-7-3-2-4-8-16)23-19-12-11-17-9-5-6-10-18(17)13-19/h2-4,7-8,11-13,15H,5-6,9-10,14H2,1H3,(H,21,22)/t15-/m1/s1. The number of ether oxygens (including phenoxy) is 1. The molecule has 0 aromatic heterocycles. The molecule has 3 heteroatoms. The summed E-state index contributed by atoms with van der Waals surface area (Å²) in [4.78, 5) is 12.2. The molecule has 120 valence electrons. The third-order valence-corrected chi connectivity index (χ3v) is 4.31. The molecule has 1 amide bonds. The molecule has 0 unspecified atom stereocenters. The quantitative estimate of drug-likeness (QED) is 0.915. The van der Waals surface area contributed by atoms with E-state index in [0.29, 0.717) is 6.54 Å². The van der Waals surface area contributed by atoms with Crippen LogP contribution >= 0.6 is 0 Å². The molecular weight excluding hydrogens is 286 g/mol. The van der Waals surface area contributed by atoms with E-state index in [-0.39, 0.29) is 5.91 Å². The third-order valence-electron chi connectivity index (χ3n) is 4.31. The van der Waals surface area contributed by atoms with Gasteiger partial charge in [-0.25, -0.2) is 0 Å². The second kappa shape index (κ2) is 7.32. The van der Waals surface area contributed by atoms with Crippen LogP contribution in [0.3, 0.4) is 0 Å². The van der Waals surface area contributed by atoms with E-state index >= 15 is 0 Å². The van der Waals surface area contributed by atoms with Crippen molar-refractivity contribution >= 4 is 5.91 Å². The van der Waals surface area contributed by atoms with Crippen LogP contribution in [0.25, 0.3) is 0 Å². The van der Waals surface area contributed by atoms with E-state index in [2.05, 4.69) is 17.4 Å². The van der Waals surface area contributed by atoms with Crippen LogP contribution in [0.15, 0.2) is 48.5 Å². The van der Waals surface area contributed by atoms with E-state index < -0.39 is 6.10 Å². The maximum absolute atomic E-state index is 12.2. The maximum Gasteiger partial charge on any atom is 0.261 e. The Balaban J connectivity index is 1.55. The Morgan fingerprint density at radius 1 is 1.09 bits per heavy atom. The van der Waals surface area contributed by atoms with Crippen molar-refractivity contribution in [1.29, 1.82) is 0 Å². The Kier molecular flexibility index (Phi) is 4.96. The lowest BCUT2D eigenvalue weighted by molar-refractivity contribution is -0.127. The van der Waals surface area contributed by atoms with Gasteiger partial charge in [-0.1, -0.05) is 36.4 Å². The summed E-state index contributed by atoms with van der Waals surface area (Å²) in [5, 5.41) is 2.92. The lowest BCUT2D eigenvalue weighted by atomic mass is 9.92. The first-order valence-corrected chi connectivity index (χ1v) is 8.32. The summed E-state index contributed by atoms with van der Waals surface area (Å²) in [6.07, 6.45) is 4.28. The molecule has 2 aromatic rings. The SMILES string of the molecule is C[C@@H](Oc1ccc2c(c1)CCCC2)C(=O)NCc1ccccc1. The number of rotatable bonds is 5. The van der Waals surface area contributed by atoms with Crippen LogP contribution in [0.2, 0.25) is 0 Å². The highest BCUT2D eigenvalue weighted by Gasteiger charge is 2.16. The molecule has 1 atom stereocenters. The monoisotopic (exact) mass is 309 g/mol. The summed E-state index contributed by atoms with van der Waals surface area (Å²) < 4.78 is 5.82. The molecule has 0 heterocycles. The smallest absolute Gasteiger partial charge is 0.261 e. The molecule has 1 aliphatic rings. The molecule has 23 heavy (non-hydrogen) atoms. The highest BCUT2D eigenvalue weighted by atomic mass is 16.5. The van der Waals surface area contributed by atoms with Gasteiger partial charge in [0, 0.05) is 6.54 Å². The normalized spacial score (nSPS) is 14.7. The fourth-order valence-electron chi connectivity index (χ4n) is 2.97. The number of nitrogens with one attached hydrogen (secondary N) is 1. The summed E-state index contributed by atoms with van der Waals surface area (Å²) in [5.74, 6) is 0.694. The van der Waals surface area contributed by atoms with Crippen molar-refractivity contribution in [2.45, 2.75) is 45.3 Å². The van der Waals surface area contributed by atoms with E-state index in [0.717, 1.165) is 24.2 Å². The van der Waals surface area contributed by atoms with Crippen molar-refractivity contribution in [3.63, 3.8) is 0 Å². The van der Waals surface area contributed by atoms with Gasteiger partial charge >= 0.3 is 0 Å². The molecule has 0 bridgehead atoms. The minimum absolute atomic E-state index is 0.0911. The van der Waals surface area contributed by atoms with Gasteiger partial charge in [0.05, 0.1) is 0 Å². The van der Waals surface area contributed by atoms with Crippen LogP contribution in [0, 0.1) is 0 Å². The fourth-order valence-corrected chi connectivity index (χ4v) is 2.97. The average molecular weight is 309 g/mol. The third kappa shape index (κ3) is 4.13. The molecule has 0 radical (unpaired) electrons. The minimum Gasteiger partial charge on any atom is -0.481 e. The summed E-state index contributed by atoms with van der Waals surface area (Å²) in [6.45, 7) is 2.32. The topological polar surface area (TPSA) is 38.3 Å². The molecule has 0 spiro atoms. The van der Waals surface area contributed by atoms with Gasteiger partial charge in [0.25, 0.3) is 5.91 Å². The predicted molar refractivity (Wildman–Crippen MR) is 91.5 cm³/mol. The average Bonchev–Trinajstić information content (AvgIpc) is 2.60. The first kappa shape index (κ1) is 15.6. The summed E-state index contributed by atoms with van der Waals surface area (Å²) >= 11 is 0. The van der Waals surface area contributed by atoms with Crippen molar-refractivity contribution < 1.29 is 9.53 Å². The van der Waals surface area contributed by atoms with Gasteiger partial charge in [0.2, 0.25) is 0 Å². The van der Waals surface area contributed by atoms with Crippen molar-refractivity contribution in [2.24, 2.45) is 0 Å². The highest BCUT2D eigenvalue weighted by molar-refractivity contribution is 5.80.